The van der Waals surface area contributed by atoms with Crippen LogP contribution in [0.15, 0.2) is 15.9 Å². The van der Waals surface area contributed by atoms with Gasteiger partial charge in [-0.15, -0.1) is 11.3 Å². The summed E-state index contributed by atoms with van der Waals surface area (Å²) < 4.78 is 1.17. The van der Waals surface area contributed by atoms with Gasteiger partial charge in [0.1, 0.15) is 0 Å². The monoisotopic (exact) mass is 317 g/mol. The molecular weight excluding hydrogens is 298 g/mol. The molecule has 3 unspecified atom stereocenters. The van der Waals surface area contributed by atoms with Gasteiger partial charge in [0.05, 0.1) is 6.10 Å². The molecular formula is C13H20BrNOS. The van der Waals surface area contributed by atoms with Gasteiger partial charge in [-0.3, -0.25) is 0 Å². The van der Waals surface area contributed by atoms with Gasteiger partial charge in [0.25, 0.3) is 0 Å². The molecule has 3 atom stereocenters. The minimum absolute atomic E-state index is 0.182. The molecule has 2 rings (SSSR count). The van der Waals surface area contributed by atoms with Crippen LogP contribution in [0.2, 0.25) is 0 Å². The zero-order valence-electron chi connectivity index (χ0n) is 10.2. The van der Waals surface area contributed by atoms with E-state index in [4.69, 9.17) is 0 Å². The fourth-order valence-corrected chi connectivity index (χ4v) is 4.23. The molecule has 0 aliphatic heterocycles. The first-order chi connectivity index (χ1) is 8.18. The van der Waals surface area contributed by atoms with E-state index in [2.05, 4.69) is 39.6 Å². The summed E-state index contributed by atoms with van der Waals surface area (Å²) in [4.78, 5) is 1.32. The number of thiophene rings is 1. The van der Waals surface area contributed by atoms with E-state index in [0.29, 0.717) is 6.04 Å². The number of aliphatic hydroxyl groups excluding tert-OH is 1. The maximum absolute atomic E-state index is 10.1. The molecule has 1 heterocycles. The molecule has 1 fully saturated rings. The van der Waals surface area contributed by atoms with E-state index in [1.807, 2.05) is 0 Å². The molecule has 1 saturated carbocycles. The third kappa shape index (κ3) is 3.53. The second-order valence-corrected chi connectivity index (χ2v) is 6.64. The van der Waals surface area contributed by atoms with Crippen LogP contribution in [0.1, 0.15) is 49.9 Å². The largest absolute Gasteiger partial charge is 0.392 e. The van der Waals surface area contributed by atoms with Gasteiger partial charge in [-0.1, -0.05) is 19.3 Å². The van der Waals surface area contributed by atoms with Gasteiger partial charge in [0, 0.05) is 21.4 Å². The van der Waals surface area contributed by atoms with Gasteiger partial charge >= 0.3 is 0 Å². The molecule has 1 aliphatic rings. The maximum atomic E-state index is 10.1. The first kappa shape index (κ1) is 13.5. The molecule has 1 aliphatic carbocycles. The van der Waals surface area contributed by atoms with Crippen LogP contribution in [0.25, 0.3) is 0 Å². The molecule has 17 heavy (non-hydrogen) atoms. The van der Waals surface area contributed by atoms with E-state index in [-0.39, 0.29) is 12.1 Å². The predicted octanol–water partition coefficient (Wildman–Crippen LogP) is 3.85. The fourth-order valence-electron chi connectivity index (χ4n) is 2.49. The quantitative estimate of drug-likeness (QED) is 0.830. The van der Waals surface area contributed by atoms with Crippen LogP contribution in [-0.2, 0) is 0 Å². The van der Waals surface area contributed by atoms with Crippen LogP contribution >= 0.6 is 27.3 Å². The molecule has 1 aromatic heterocycles. The second-order valence-electron chi connectivity index (χ2n) is 4.83. The number of rotatable bonds is 3. The lowest BCUT2D eigenvalue weighted by atomic mass is 10.0. The maximum Gasteiger partial charge on any atom is 0.0693 e. The average Bonchev–Trinajstić information content (AvgIpc) is 2.63. The number of hydrogen-bond donors (Lipinski definition) is 2. The smallest absolute Gasteiger partial charge is 0.0693 e. The Morgan fingerprint density at radius 1 is 1.41 bits per heavy atom. The molecule has 96 valence electrons. The Kier molecular flexibility index (Phi) is 5.03. The van der Waals surface area contributed by atoms with Gasteiger partial charge in [-0.05, 0) is 47.1 Å². The van der Waals surface area contributed by atoms with Crippen molar-refractivity contribution in [3.05, 3.63) is 20.8 Å². The van der Waals surface area contributed by atoms with Crippen molar-refractivity contribution in [2.24, 2.45) is 0 Å². The molecule has 2 N–H and O–H groups in total. The van der Waals surface area contributed by atoms with Crippen molar-refractivity contribution >= 4 is 27.3 Å². The van der Waals surface area contributed by atoms with Gasteiger partial charge in [0.2, 0.25) is 0 Å². The molecule has 1 aromatic rings. The minimum Gasteiger partial charge on any atom is -0.392 e. The van der Waals surface area contributed by atoms with Crippen molar-refractivity contribution in [2.75, 3.05) is 0 Å². The molecule has 0 radical (unpaired) electrons. The van der Waals surface area contributed by atoms with E-state index >= 15 is 0 Å². The van der Waals surface area contributed by atoms with Crippen LogP contribution in [0.3, 0.4) is 0 Å². The van der Waals surface area contributed by atoms with Crippen molar-refractivity contribution in [3.8, 4) is 0 Å². The number of aliphatic hydroxyl groups is 1. The number of hydrogen-bond acceptors (Lipinski definition) is 3. The summed E-state index contributed by atoms with van der Waals surface area (Å²) in [5, 5.41) is 15.8. The Morgan fingerprint density at radius 3 is 2.88 bits per heavy atom. The average molecular weight is 318 g/mol. The Hall–Kier alpha value is 0.100. The van der Waals surface area contributed by atoms with Crippen molar-refractivity contribution < 1.29 is 5.11 Å². The summed E-state index contributed by atoms with van der Waals surface area (Å²) in [6, 6.07) is 2.64. The third-order valence-electron chi connectivity index (χ3n) is 3.48. The Bertz CT molecular complexity index is 355. The zero-order valence-corrected chi connectivity index (χ0v) is 12.6. The van der Waals surface area contributed by atoms with Crippen LogP contribution in [0, 0.1) is 0 Å². The molecule has 4 heteroatoms. The standard InChI is InChI=1S/C13H20BrNOS/c1-9(13-10(14)7-8-17-13)15-11-5-3-2-4-6-12(11)16/h7-9,11-12,15-16H,2-6H2,1H3. The Labute approximate surface area is 116 Å². The highest BCUT2D eigenvalue weighted by Gasteiger charge is 2.24. The number of nitrogens with one attached hydrogen (secondary N) is 1. The summed E-state index contributed by atoms with van der Waals surface area (Å²) in [5.74, 6) is 0. The zero-order chi connectivity index (χ0) is 12.3. The lowest BCUT2D eigenvalue weighted by Crippen LogP contribution is -2.40. The Morgan fingerprint density at radius 2 is 2.18 bits per heavy atom. The summed E-state index contributed by atoms with van der Waals surface area (Å²) in [5.41, 5.74) is 0. The topological polar surface area (TPSA) is 32.3 Å². The molecule has 0 bridgehead atoms. The summed E-state index contributed by atoms with van der Waals surface area (Å²) in [6.07, 6.45) is 5.50. The van der Waals surface area contributed by atoms with E-state index in [1.165, 1.54) is 22.2 Å². The van der Waals surface area contributed by atoms with Crippen molar-refractivity contribution in [2.45, 2.75) is 57.2 Å². The summed E-state index contributed by atoms with van der Waals surface area (Å²) in [7, 11) is 0. The van der Waals surface area contributed by atoms with Crippen LogP contribution in [0.5, 0.6) is 0 Å². The highest BCUT2D eigenvalue weighted by molar-refractivity contribution is 9.10. The van der Waals surface area contributed by atoms with Gasteiger partial charge < -0.3 is 10.4 Å². The molecule has 0 spiro atoms. The van der Waals surface area contributed by atoms with E-state index in [0.717, 1.165) is 19.3 Å². The molecule has 0 aromatic carbocycles. The first-order valence-electron chi connectivity index (χ1n) is 6.35. The van der Waals surface area contributed by atoms with E-state index in [1.54, 1.807) is 11.3 Å². The first-order valence-corrected chi connectivity index (χ1v) is 8.02. The predicted molar refractivity (Wildman–Crippen MR) is 76.4 cm³/mol. The summed E-state index contributed by atoms with van der Waals surface area (Å²) >= 11 is 5.33. The fraction of sp³-hybridized carbons (Fsp3) is 0.692. The van der Waals surface area contributed by atoms with Crippen LogP contribution < -0.4 is 5.32 Å². The lowest BCUT2D eigenvalue weighted by molar-refractivity contribution is 0.115. The highest BCUT2D eigenvalue weighted by atomic mass is 79.9. The van der Waals surface area contributed by atoms with E-state index in [9.17, 15) is 5.11 Å². The van der Waals surface area contributed by atoms with Gasteiger partial charge in [-0.2, -0.15) is 0 Å². The SMILES string of the molecule is CC(NC1CCCCCC1O)c1sccc1Br. The minimum atomic E-state index is -0.182. The van der Waals surface area contributed by atoms with Gasteiger partial charge in [-0.25, -0.2) is 0 Å². The molecule has 2 nitrogen and oxygen atoms in total. The van der Waals surface area contributed by atoms with Crippen LogP contribution in [0.4, 0.5) is 0 Å². The van der Waals surface area contributed by atoms with Crippen molar-refractivity contribution in [1.29, 1.82) is 0 Å². The third-order valence-corrected chi connectivity index (χ3v) is 5.54. The van der Waals surface area contributed by atoms with Crippen LogP contribution in [-0.4, -0.2) is 17.3 Å². The van der Waals surface area contributed by atoms with E-state index < -0.39 is 0 Å². The molecule has 0 amide bonds. The van der Waals surface area contributed by atoms with Crippen molar-refractivity contribution in [1.82, 2.24) is 5.32 Å². The van der Waals surface area contributed by atoms with Crippen molar-refractivity contribution in [3.63, 3.8) is 0 Å². The van der Waals surface area contributed by atoms with Gasteiger partial charge in [0.15, 0.2) is 0 Å². The normalized spacial score (nSPS) is 27.7. The summed E-state index contributed by atoms with van der Waals surface area (Å²) in [6.45, 7) is 2.17. The molecule has 0 saturated heterocycles. The Balaban J connectivity index is 1.97. The number of halogens is 1. The second kappa shape index (κ2) is 6.32. The lowest BCUT2D eigenvalue weighted by Gasteiger charge is -2.25. The highest BCUT2D eigenvalue weighted by Crippen LogP contribution is 2.30.